The second-order valence-electron chi connectivity index (χ2n) is 5.22. The molecule has 0 atom stereocenters. The van der Waals surface area contributed by atoms with Crippen molar-refractivity contribution in [1.29, 1.82) is 0 Å². The second kappa shape index (κ2) is 5.41. The predicted molar refractivity (Wildman–Crippen MR) is 92.4 cm³/mol. The summed E-state index contributed by atoms with van der Waals surface area (Å²) in [5, 5.41) is 2.50. The lowest BCUT2D eigenvalue weighted by Gasteiger charge is -2.00. The molecule has 3 aromatic carbocycles. The van der Waals surface area contributed by atoms with E-state index in [4.69, 9.17) is 0 Å². The van der Waals surface area contributed by atoms with Gasteiger partial charge < -0.3 is 0 Å². The van der Waals surface area contributed by atoms with Gasteiger partial charge in [0, 0.05) is 0 Å². The van der Waals surface area contributed by atoms with E-state index in [2.05, 4.69) is 58.5 Å². The van der Waals surface area contributed by atoms with E-state index in [0.29, 0.717) is 0 Å². The molecule has 2 heteroatoms. The molecule has 1 aromatic heterocycles. The molecule has 0 spiro atoms. The number of rotatable bonds is 2. The third-order valence-corrected chi connectivity index (χ3v) is 3.69. The van der Waals surface area contributed by atoms with Crippen molar-refractivity contribution in [3.05, 3.63) is 84.2 Å². The van der Waals surface area contributed by atoms with Crippen LogP contribution in [-0.4, -0.2) is 9.97 Å². The molecule has 1 heterocycles. The first-order valence-corrected chi connectivity index (χ1v) is 7.27. The molecule has 0 aliphatic carbocycles. The predicted octanol–water partition coefficient (Wildman–Crippen LogP) is 4.95. The molecule has 0 fully saturated rings. The van der Waals surface area contributed by atoms with Crippen molar-refractivity contribution in [2.45, 2.75) is 0 Å². The fourth-order valence-corrected chi connectivity index (χ4v) is 2.54. The zero-order valence-electron chi connectivity index (χ0n) is 12.0. The van der Waals surface area contributed by atoms with Crippen LogP contribution in [0, 0.1) is 0 Å². The quantitative estimate of drug-likeness (QED) is 0.519. The van der Waals surface area contributed by atoms with Gasteiger partial charge in [-0.1, -0.05) is 54.6 Å². The smallest absolute Gasteiger partial charge is 0.0894 e. The van der Waals surface area contributed by atoms with E-state index in [1.165, 1.54) is 10.8 Å². The van der Waals surface area contributed by atoms with E-state index in [1.54, 1.807) is 6.20 Å². The van der Waals surface area contributed by atoms with E-state index < -0.39 is 0 Å². The van der Waals surface area contributed by atoms with Crippen LogP contribution in [0.5, 0.6) is 0 Å². The van der Waals surface area contributed by atoms with Crippen LogP contribution in [0.25, 0.3) is 34.0 Å². The molecule has 2 nitrogen and oxygen atoms in total. The van der Waals surface area contributed by atoms with Crippen molar-refractivity contribution in [3.63, 3.8) is 0 Å². The van der Waals surface area contributed by atoms with Crippen LogP contribution in [0.1, 0.15) is 11.3 Å². The second-order valence-corrected chi connectivity index (χ2v) is 5.22. The zero-order valence-corrected chi connectivity index (χ0v) is 12.0. The van der Waals surface area contributed by atoms with Crippen LogP contribution in [0.4, 0.5) is 0 Å². The Morgan fingerprint density at radius 1 is 0.682 bits per heavy atom. The van der Waals surface area contributed by atoms with Gasteiger partial charge in [-0.15, -0.1) is 0 Å². The summed E-state index contributed by atoms with van der Waals surface area (Å²) >= 11 is 0. The number of hydrogen-bond acceptors (Lipinski definition) is 2. The van der Waals surface area contributed by atoms with E-state index in [-0.39, 0.29) is 0 Å². The van der Waals surface area contributed by atoms with Gasteiger partial charge in [-0.2, -0.15) is 0 Å². The van der Waals surface area contributed by atoms with Crippen LogP contribution in [-0.2, 0) is 0 Å². The van der Waals surface area contributed by atoms with Gasteiger partial charge in [-0.3, -0.25) is 4.98 Å². The highest BCUT2D eigenvalue weighted by Crippen LogP contribution is 2.17. The van der Waals surface area contributed by atoms with Gasteiger partial charge in [0.15, 0.2) is 0 Å². The summed E-state index contributed by atoms with van der Waals surface area (Å²) in [5.41, 5.74) is 3.87. The molecule has 104 valence electrons. The van der Waals surface area contributed by atoms with Crippen LogP contribution in [0.15, 0.2) is 72.9 Å². The largest absolute Gasteiger partial charge is 0.252 e. The van der Waals surface area contributed by atoms with Crippen LogP contribution < -0.4 is 0 Å². The molecule has 0 amide bonds. The first kappa shape index (κ1) is 12.7. The lowest BCUT2D eigenvalue weighted by Crippen LogP contribution is -1.86. The van der Waals surface area contributed by atoms with Gasteiger partial charge in [-0.05, 0) is 40.6 Å². The maximum absolute atomic E-state index is 4.60. The summed E-state index contributed by atoms with van der Waals surface area (Å²) in [7, 11) is 0. The van der Waals surface area contributed by atoms with E-state index in [9.17, 15) is 0 Å². The number of para-hydroxylation sites is 2. The average molecular weight is 282 g/mol. The minimum absolute atomic E-state index is 0.867. The third kappa shape index (κ3) is 2.47. The molecule has 0 N–H and O–H groups in total. The number of fused-ring (bicyclic) bond motifs is 2. The van der Waals surface area contributed by atoms with Crippen LogP contribution in [0.2, 0.25) is 0 Å². The summed E-state index contributed by atoms with van der Waals surface area (Å²) in [6, 6.07) is 22.7. The van der Waals surface area contributed by atoms with E-state index >= 15 is 0 Å². The van der Waals surface area contributed by atoms with Crippen molar-refractivity contribution < 1.29 is 0 Å². The highest BCUT2D eigenvalue weighted by Gasteiger charge is 1.97. The zero-order chi connectivity index (χ0) is 14.8. The molecule has 0 radical (unpaired) electrons. The minimum atomic E-state index is 0.867. The normalized spacial score (nSPS) is 11.5. The summed E-state index contributed by atoms with van der Waals surface area (Å²) in [6.07, 6.45) is 5.88. The first-order valence-electron chi connectivity index (χ1n) is 7.27. The molecular weight excluding hydrogens is 268 g/mol. The number of nitrogens with zero attached hydrogens (tertiary/aromatic N) is 2. The Bertz CT molecular complexity index is 905. The Morgan fingerprint density at radius 2 is 1.45 bits per heavy atom. The summed E-state index contributed by atoms with van der Waals surface area (Å²) in [5.74, 6) is 0. The summed E-state index contributed by atoms with van der Waals surface area (Å²) in [6.45, 7) is 0. The SMILES string of the molecule is C(=C\c1cnc2ccccc2n1)/c1ccc2ccccc2c1. The third-order valence-electron chi connectivity index (χ3n) is 3.69. The van der Waals surface area contributed by atoms with Gasteiger partial charge in [0.1, 0.15) is 0 Å². The molecule has 22 heavy (non-hydrogen) atoms. The van der Waals surface area contributed by atoms with Crippen molar-refractivity contribution in [2.24, 2.45) is 0 Å². The van der Waals surface area contributed by atoms with Gasteiger partial charge >= 0.3 is 0 Å². The molecular formula is C20H14N2. The molecule has 4 rings (SSSR count). The monoisotopic (exact) mass is 282 g/mol. The van der Waals surface area contributed by atoms with Crippen molar-refractivity contribution in [2.75, 3.05) is 0 Å². The van der Waals surface area contributed by atoms with E-state index in [1.807, 2.05) is 30.3 Å². The Balaban J connectivity index is 1.68. The Labute approximate surface area is 128 Å². The summed E-state index contributed by atoms with van der Waals surface area (Å²) in [4.78, 5) is 9.03. The topological polar surface area (TPSA) is 25.8 Å². The van der Waals surface area contributed by atoms with Gasteiger partial charge in [0.05, 0.1) is 22.9 Å². The van der Waals surface area contributed by atoms with E-state index in [0.717, 1.165) is 22.3 Å². The number of aromatic nitrogens is 2. The standard InChI is InChI=1S/C20H14N2/c1-2-6-17-13-15(9-11-16(17)5-1)10-12-18-14-21-19-7-3-4-8-20(19)22-18/h1-14H/b12-10+. The number of benzene rings is 3. The van der Waals surface area contributed by atoms with Gasteiger partial charge in [0.25, 0.3) is 0 Å². The average Bonchev–Trinajstić information content (AvgIpc) is 2.59. The van der Waals surface area contributed by atoms with Gasteiger partial charge in [0.2, 0.25) is 0 Å². The lowest BCUT2D eigenvalue weighted by molar-refractivity contribution is 1.27. The van der Waals surface area contributed by atoms with Crippen molar-refractivity contribution in [1.82, 2.24) is 9.97 Å². The highest BCUT2D eigenvalue weighted by atomic mass is 14.8. The molecule has 4 aromatic rings. The maximum Gasteiger partial charge on any atom is 0.0894 e. The molecule has 0 aliphatic rings. The maximum atomic E-state index is 4.60. The van der Waals surface area contributed by atoms with Crippen molar-refractivity contribution in [3.8, 4) is 0 Å². The highest BCUT2D eigenvalue weighted by molar-refractivity contribution is 5.86. The van der Waals surface area contributed by atoms with Crippen LogP contribution in [0.3, 0.4) is 0 Å². The number of hydrogen-bond donors (Lipinski definition) is 0. The van der Waals surface area contributed by atoms with Crippen molar-refractivity contribution >= 4 is 34.0 Å². The summed E-state index contributed by atoms with van der Waals surface area (Å²) < 4.78 is 0. The molecule has 0 unspecified atom stereocenters. The molecule has 0 saturated heterocycles. The first-order chi connectivity index (χ1) is 10.9. The fraction of sp³-hybridized carbons (Fsp3) is 0. The molecule has 0 bridgehead atoms. The lowest BCUT2D eigenvalue weighted by atomic mass is 10.1. The Kier molecular flexibility index (Phi) is 3.13. The Hall–Kier alpha value is -3.00. The minimum Gasteiger partial charge on any atom is -0.252 e. The molecule has 0 saturated carbocycles. The van der Waals surface area contributed by atoms with Crippen LogP contribution >= 0.6 is 0 Å². The van der Waals surface area contributed by atoms with Gasteiger partial charge in [-0.25, -0.2) is 4.98 Å². The molecule has 0 aliphatic heterocycles. The fourth-order valence-electron chi connectivity index (χ4n) is 2.54. The Morgan fingerprint density at radius 3 is 2.36 bits per heavy atom.